The molecule has 0 spiro atoms. The van der Waals surface area contributed by atoms with Crippen LogP contribution in [0.25, 0.3) is 0 Å². The van der Waals surface area contributed by atoms with Crippen LogP contribution in [0.1, 0.15) is 0 Å². The molecule has 1 saturated heterocycles. The van der Waals surface area contributed by atoms with Crippen LogP contribution in [-0.2, 0) is 0 Å². The van der Waals surface area contributed by atoms with Crippen molar-refractivity contribution in [2.45, 2.75) is 0 Å². The zero-order valence-electron chi connectivity index (χ0n) is 10.7. The summed E-state index contributed by atoms with van der Waals surface area (Å²) < 4.78 is 0. The molecule has 7 heteroatoms. The summed E-state index contributed by atoms with van der Waals surface area (Å²) in [6.07, 6.45) is 0. The minimum Gasteiger partial charge on any atom is -0.329 e. The van der Waals surface area contributed by atoms with Crippen LogP contribution in [0.15, 0.2) is 0 Å². The predicted molar refractivity (Wildman–Crippen MR) is 68.7 cm³/mol. The molecule has 0 saturated carbocycles. The van der Waals surface area contributed by atoms with Crippen molar-refractivity contribution < 1.29 is 4.79 Å². The Morgan fingerprint density at radius 3 is 2.39 bits per heavy atom. The van der Waals surface area contributed by atoms with E-state index in [4.69, 9.17) is 16.7 Å². The average molecular weight is 254 g/mol. The molecule has 0 aliphatic carbocycles. The van der Waals surface area contributed by atoms with Gasteiger partial charge >= 0.3 is 6.03 Å². The molecule has 0 aromatic heterocycles. The van der Waals surface area contributed by atoms with Gasteiger partial charge in [0.2, 0.25) is 0 Å². The van der Waals surface area contributed by atoms with Crippen molar-refractivity contribution in [3.63, 3.8) is 0 Å². The number of carbonyl (C=O) groups is 1. The molecule has 0 bridgehead atoms. The molecule has 1 aliphatic rings. The lowest BCUT2D eigenvalue weighted by atomic mass is 10.4. The Hall–Kier alpha value is -1.36. The van der Waals surface area contributed by atoms with E-state index >= 15 is 0 Å². The maximum absolute atomic E-state index is 11.9. The van der Waals surface area contributed by atoms with E-state index in [1.165, 1.54) is 0 Å². The first-order chi connectivity index (χ1) is 8.72. The van der Waals surface area contributed by atoms with Crippen molar-refractivity contribution in [3.05, 3.63) is 0 Å². The Labute approximate surface area is 108 Å². The Bertz CT molecular complexity index is 302. The fraction of sp³-hybridized carbons (Fsp3) is 0.818. The number of nitrogens with zero attached hydrogens (tertiary/aromatic N) is 4. The maximum Gasteiger partial charge on any atom is 0.320 e. The Morgan fingerprint density at radius 2 is 1.83 bits per heavy atom. The van der Waals surface area contributed by atoms with Crippen LogP contribution in [0.2, 0.25) is 0 Å². The number of nitriles is 1. The average Bonchev–Trinajstić information content (AvgIpc) is 2.69. The number of hydrogen-bond acceptors (Lipinski definition) is 5. The minimum atomic E-state index is 0.0464. The summed E-state index contributed by atoms with van der Waals surface area (Å²) in [7, 11) is 0. The second-order valence-corrected chi connectivity index (χ2v) is 4.27. The van der Waals surface area contributed by atoms with Gasteiger partial charge in [-0.2, -0.15) is 5.26 Å². The molecule has 1 heterocycles. The van der Waals surface area contributed by atoms with Crippen molar-refractivity contribution in [1.29, 1.82) is 5.26 Å². The molecular formula is C11H22N6O. The number of nitrogens with two attached hydrogens (primary N) is 2. The number of carbonyl (C=O) groups excluding carboxylic acids is 1. The van der Waals surface area contributed by atoms with Crippen LogP contribution in [0.5, 0.6) is 0 Å². The highest BCUT2D eigenvalue weighted by atomic mass is 16.2. The second kappa shape index (κ2) is 7.87. The molecule has 0 unspecified atom stereocenters. The van der Waals surface area contributed by atoms with E-state index in [1.54, 1.807) is 9.80 Å². The fourth-order valence-electron chi connectivity index (χ4n) is 2.02. The van der Waals surface area contributed by atoms with Crippen LogP contribution in [0.3, 0.4) is 0 Å². The Kier molecular flexibility index (Phi) is 6.43. The van der Waals surface area contributed by atoms with Crippen LogP contribution in [0.4, 0.5) is 4.79 Å². The van der Waals surface area contributed by atoms with E-state index in [2.05, 4.69) is 6.07 Å². The van der Waals surface area contributed by atoms with Gasteiger partial charge in [-0.1, -0.05) is 0 Å². The Morgan fingerprint density at radius 1 is 1.17 bits per heavy atom. The van der Waals surface area contributed by atoms with Crippen molar-refractivity contribution in [2.75, 3.05) is 58.9 Å². The van der Waals surface area contributed by atoms with Gasteiger partial charge in [0.1, 0.15) is 0 Å². The first-order valence-electron chi connectivity index (χ1n) is 6.26. The summed E-state index contributed by atoms with van der Waals surface area (Å²) in [5.74, 6) is 0. The van der Waals surface area contributed by atoms with Gasteiger partial charge in [-0.05, 0) is 0 Å². The highest BCUT2D eigenvalue weighted by Gasteiger charge is 2.27. The van der Waals surface area contributed by atoms with E-state index < -0.39 is 0 Å². The molecule has 0 aromatic rings. The maximum atomic E-state index is 11.9. The molecule has 0 aromatic carbocycles. The van der Waals surface area contributed by atoms with E-state index in [9.17, 15) is 4.79 Å². The number of amides is 2. The zero-order chi connectivity index (χ0) is 13.4. The lowest BCUT2D eigenvalue weighted by Gasteiger charge is -2.23. The minimum absolute atomic E-state index is 0.0464. The predicted octanol–water partition coefficient (Wildman–Crippen LogP) is -1.53. The van der Waals surface area contributed by atoms with Gasteiger partial charge in [-0.15, -0.1) is 0 Å². The van der Waals surface area contributed by atoms with Gasteiger partial charge in [-0.25, -0.2) is 4.79 Å². The third-order valence-corrected chi connectivity index (χ3v) is 3.01. The summed E-state index contributed by atoms with van der Waals surface area (Å²) >= 11 is 0. The SMILES string of the molecule is N#CCN(CCN)CCN1CCN(CCN)C1=O. The molecule has 7 nitrogen and oxygen atoms in total. The van der Waals surface area contributed by atoms with Gasteiger partial charge < -0.3 is 21.3 Å². The number of rotatable bonds is 8. The number of urea groups is 1. The van der Waals surface area contributed by atoms with E-state index in [1.807, 2.05) is 4.90 Å². The first-order valence-corrected chi connectivity index (χ1v) is 6.26. The third-order valence-electron chi connectivity index (χ3n) is 3.01. The lowest BCUT2D eigenvalue weighted by Crippen LogP contribution is -2.40. The Balaban J connectivity index is 2.35. The van der Waals surface area contributed by atoms with E-state index in [0.717, 1.165) is 13.1 Å². The first kappa shape index (κ1) is 14.7. The van der Waals surface area contributed by atoms with Gasteiger partial charge in [0.15, 0.2) is 0 Å². The standard InChI is InChI=1S/C11H22N6O/c12-1-4-15(5-2-13)7-8-17-10-9-16(6-3-14)11(17)18/h1,3-10,12,14H2. The van der Waals surface area contributed by atoms with Crippen molar-refractivity contribution in [3.8, 4) is 6.07 Å². The molecule has 0 radical (unpaired) electrons. The summed E-state index contributed by atoms with van der Waals surface area (Å²) in [5, 5.41) is 8.68. The second-order valence-electron chi connectivity index (χ2n) is 4.27. The lowest BCUT2D eigenvalue weighted by molar-refractivity contribution is 0.186. The molecule has 4 N–H and O–H groups in total. The summed E-state index contributed by atoms with van der Waals surface area (Å²) in [5.41, 5.74) is 10.9. The van der Waals surface area contributed by atoms with Crippen molar-refractivity contribution in [1.82, 2.24) is 14.7 Å². The van der Waals surface area contributed by atoms with Gasteiger partial charge in [0.05, 0.1) is 12.6 Å². The van der Waals surface area contributed by atoms with Crippen LogP contribution in [-0.4, -0.2) is 79.6 Å². The van der Waals surface area contributed by atoms with Crippen LogP contribution >= 0.6 is 0 Å². The van der Waals surface area contributed by atoms with Crippen molar-refractivity contribution >= 4 is 6.03 Å². The molecule has 1 rings (SSSR count). The molecule has 2 amide bonds. The summed E-state index contributed by atoms with van der Waals surface area (Å²) in [6.45, 7) is 5.47. The number of hydrogen-bond donors (Lipinski definition) is 2. The molecule has 1 aliphatic heterocycles. The molecule has 18 heavy (non-hydrogen) atoms. The quantitative estimate of drug-likeness (QED) is 0.511. The molecule has 102 valence electrons. The highest BCUT2D eigenvalue weighted by molar-refractivity contribution is 5.76. The fourth-order valence-corrected chi connectivity index (χ4v) is 2.02. The molecular weight excluding hydrogens is 232 g/mol. The van der Waals surface area contributed by atoms with E-state index in [0.29, 0.717) is 45.8 Å². The molecule has 1 fully saturated rings. The largest absolute Gasteiger partial charge is 0.329 e. The topological polar surface area (TPSA) is 103 Å². The summed E-state index contributed by atoms with van der Waals surface area (Å²) in [4.78, 5) is 17.4. The van der Waals surface area contributed by atoms with Crippen LogP contribution < -0.4 is 11.5 Å². The van der Waals surface area contributed by atoms with Gasteiger partial charge in [0, 0.05) is 52.4 Å². The van der Waals surface area contributed by atoms with E-state index in [-0.39, 0.29) is 6.03 Å². The smallest absolute Gasteiger partial charge is 0.320 e. The summed E-state index contributed by atoms with van der Waals surface area (Å²) in [6, 6.07) is 2.15. The van der Waals surface area contributed by atoms with Gasteiger partial charge in [-0.3, -0.25) is 4.90 Å². The van der Waals surface area contributed by atoms with Crippen LogP contribution in [0, 0.1) is 11.3 Å². The third kappa shape index (κ3) is 4.14. The molecule has 0 atom stereocenters. The van der Waals surface area contributed by atoms with Gasteiger partial charge in [0.25, 0.3) is 0 Å². The zero-order valence-corrected chi connectivity index (χ0v) is 10.7. The highest BCUT2D eigenvalue weighted by Crippen LogP contribution is 2.07. The monoisotopic (exact) mass is 254 g/mol. The normalized spacial score (nSPS) is 15.6. The van der Waals surface area contributed by atoms with Crippen molar-refractivity contribution in [2.24, 2.45) is 11.5 Å².